The second kappa shape index (κ2) is 4.86. The van der Waals surface area contributed by atoms with Crippen molar-refractivity contribution in [3.05, 3.63) is 59.3 Å². The molecule has 0 bridgehead atoms. The predicted octanol–water partition coefficient (Wildman–Crippen LogP) is 4.25. The Bertz CT molecular complexity index is 721. The molecule has 4 heteroatoms. The van der Waals surface area contributed by atoms with Crippen molar-refractivity contribution in [1.29, 1.82) is 0 Å². The van der Waals surface area contributed by atoms with Crippen LogP contribution in [0.1, 0.15) is 5.76 Å². The molecule has 0 unspecified atom stereocenters. The zero-order chi connectivity index (χ0) is 13.2. The Morgan fingerprint density at radius 1 is 1.11 bits per heavy atom. The molecule has 0 aliphatic rings. The van der Waals surface area contributed by atoms with Crippen LogP contribution < -0.4 is 10.5 Å². The van der Waals surface area contributed by atoms with E-state index < -0.39 is 0 Å². The van der Waals surface area contributed by atoms with Crippen molar-refractivity contribution in [3.63, 3.8) is 0 Å². The van der Waals surface area contributed by atoms with Crippen LogP contribution >= 0.6 is 11.6 Å². The number of furan rings is 1. The van der Waals surface area contributed by atoms with Gasteiger partial charge in [0, 0.05) is 10.4 Å². The maximum absolute atomic E-state index is 5.89. The molecule has 3 rings (SSSR count). The molecule has 0 saturated carbocycles. The highest BCUT2D eigenvalue weighted by atomic mass is 35.5. The van der Waals surface area contributed by atoms with Gasteiger partial charge < -0.3 is 14.9 Å². The molecular formula is C15H12ClNO2. The Kier molecular flexibility index (Phi) is 3.05. The van der Waals surface area contributed by atoms with E-state index in [4.69, 9.17) is 26.5 Å². The first-order valence-corrected chi connectivity index (χ1v) is 6.25. The van der Waals surface area contributed by atoms with E-state index in [0.29, 0.717) is 28.6 Å². The van der Waals surface area contributed by atoms with Gasteiger partial charge in [0.25, 0.3) is 0 Å². The molecule has 0 radical (unpaired) electrons. The predicted molar refractivity (Wildman–Crippen MR) is 76.4 cm³/mol. The normalized spacial score (nSPS) is 10.8. The van der Waals surface area contributed by atoms with Crippen LogP contribution in [-0.2, 0) is 6.61 Å². The number of nitrogens with two attached hydrogens (primary N) is 1. The van der Waals surface area contributed by atoms with Crippen LogP contribution in [0.3, 0.4) is 0 Å². The molecule has 1 heterocycles. The fraction of sp³-hybridized carbons (Fsp3) is 0.0667. The van der Waals surface area contributed by atoms with Gasteiger partial charge in [0.1, 0.15) is 18.1 Å². The van der Waals surface area contributed by atoms with Gasteiger partial charge in [-0.1, -0.05) is 29.8 Å². The molecule has 0 saturated heterocycles. The van der Waals surface area contributed by atoms with Gasteiger partial charge in [-0.3, -0.25) is 0 Å². The second-order valence-electron chi connectivity index (χ2n) is 4.22. The van der Waals surface area contributed by atoms with Gasteiger partial charge in [-0.15, -0.1) is 0 Å². The summed E-state index contributed by atoms with van der Waals surface area (Å²) in [4.78, 5) is 0. The Morgan fingerprint density at radius 3 is 2.74 bits per heavy atom. The number of fused-ring (bicyclic) bond motifs is 1. The van der Waals surface area contributed by atoms with Gasteiger partial charge in [-0.2, -0.15) is 0 Å². The van der Waals surface area contributed by atoms with Crippen LogP contribution in [0.15, 0.2) is 52.9 Å². The van der Waals surface area contributed by atoms with Crippen molar-refractivity contribution in [3.8, 4) is 5.75 Å². The highest BCUT2D eigenvalue weighted by Crippen LogP contribution is 2.26. The molecule has 96 valence electrons. The summed E-state index contributed by atoms with van der Waals surface area (Å²) in [6.07, 6.45) is 0. The summed E-state index contributed by atoms with van der Waals surface area (Å²) >= 11 is 5.89. The fourth-order valence-corrected chi connectivity index (χ4v) is 2.10. The largest absolute Gasteiger partial charge is 0.486 e. The molecule has 0 atom stereocenters. The summed E-state index contributed by atoms with van der Waals surface area (Å²) in [7, 11) is 0. The minimum atomic E-state index is 0.342. The zero-order valence-electron chi connectivity index (χ0n) is 10.1. The van der Waals surface area contributed by atoms with Crippen molar-refractivity contribution in [2.75, 3.05) is 5.73 Å². The summed E-state index contributed by atoms with van der Waals surface area (Å²) < 4.78 is 11.3. The maximum Gasteiger partial charge on any atom is 0.157 e. The van der Waals surface area contributed by atoms with Crippen molar-refractivity contribution in [2.24, 2.45) is 0 Å². The van der Waals surface area contributed by atoms with Crippen LogP contribution in [0.2, 0.25) is 5.02 Å². The van der Waals surface area contributed by atoms with Gasteiger partial charge >= 0.3 is 0 Å². The van der Waals surface area contributed by atoms with E-state index in [1.165, 1.54) is 0 Å². The molecule has 1 aromatic heterocycles. The molecule has 2 aromatic carbocycles. The zero-order valence-corrected chi connectivity index (χ0v) is 10.9. The third kappa shape index (κ3) is 2.51. The molecule has 2 N–H and O–H groups in total. The average molecular weight is 274 g/mol. The van der Waals surface area contributed by atoms with E-state index in [1.807, 2.05) is 36.4 Å². The topological polar surface area (TPSA) is 48.4 Å². The Hall–Kier alpha value is -2.13. The van der Waals surface area contributed by atoms with E-state index in [2.05, 4.69) is 0 Å². The Morgan fingerprint density at radius 2 is 1.95 bits per heavy atom. The molecule has 19 heavy (non-hydrogen) atoms. The monoisotopic (exact) mass is 273 g/mol. The maximum atomic E-state index is 5.89. The van der Waals surface area contributed by atoms with Crippen molar-refractivity contribution in [1.82, 2.24) is 0 Å². The third-order valence-electron chi connectivity index (χ3n) is 2.80. The van der Waals surface area contributed by atoms with E-state index in [-0.39, 0.29) is 0 Å². The molecule has 0 amide bonds. The van der Waals surface area contributed by atoms with Gasteiger partial charge in [0.15, 0.2) is 5.58 Å². The Balaban J connectivity index is 1.80. The first-order valence-electron chi connectivity index (χ1n) is 5.87. The fourth-order valence-electron chi connectivity index (χ4n) is 1.92. The van der Waals surface area contributed by atoms with Crippen molar-refractivity contribution < 1.29 is 9.15 Å². The lowest BCUT2D eigenvalue weighted by atomic mass is 10.2. The number of anilines is 1. The van der Waals surface area contributed by atoms with E-state index in [1.54, 1.807) is 12.1 Å². The van der Waals surface area contributed by atoms with Crippen LogP contribution in [0.25, 0.3) is 11.0 Å². The smallest absolute Gasteiger partial charge is 0.157 e. The van der Waals surface area contributed by atoms with Gasteiger partial charge in [0.05, 0.1) is 5.69 Å². The molecule has 3 nitrogen and oxygen atoms in total. The van der Waals surface area contributed by atoms with Crippen LogP contribution in [0, 0.1) is 0 Å². The Labute approximate surface area is 115 Å². The standard InChI is InChI=1S/C15H12ClNO2/c16-11-4-2-5-12(8-11)18-9-13-7-10-3-1-6-14(17)15(10)19-13/h1-8H,9,17H2. The number of halogens is 1. The lowest BCUT2D eigenvalue weighted by Crippen LogP contribution is -1.93. The molecular weight excluding hydrogens is 262 g/mol. The minimum Gasteiger partial charge on any atom is -0.486 e. The SMILES string of the molecule is Nc1cccc2cc(COc3cccc(Cl)c3)oc12. The van der Waals surface area contributed by atoms with Gasteiger partial charge in [-0.25, -0.2) is 0 Å². The minimum absolute atomic E-state index is 0.342. The summed E-state index contributed by atoms with van der Waals surface area (Å²) in [5.41, 5.74) is 7.18. The lowest BCUT2D eigenvalue weighted by molar-refractivity contribution is 0.274. The first-order chi connectivity index (χ1) is 9.22. The lowest BCUT2D eigenvalue weighted by Gasteiger charge is -2.03. The van der Waals surface area contributed by atoms with Crippen molar-refractivity contribution in [2.45, 2.75) is 6.61 Å². The number of rotatable bonds is 3. The molecule has 3 aromatic rings. The number of nitrogen functional groups attached to an aromatic ring is 1. The summed E-state index contributed by atoms with van der Waals surface area (Å²) in [5, 5.41) is 1.62. The number of para-hydroxylation sites is 1. The van der Waals surface area contributed by atoms with Gasteiger partial charge in [0.2, 0.25) is 0 Å². The van der Waals surface area contributed by atoms with E-state index in [0.717, 1.165) is 11.1 Å². The first kappa shape index (κ1) is 11.9. The number of hydrogen-bond acceptors (Lipinski definition) is 3. The average Bonchev–Trinajstić information content (AvgIpc) is 2.81. The third-order valence-corrected chi connectivity index (χ3v) is 3.04. The quantitative estimate of drug-likeness (QED) is 0.726. The van der Waals surface area contributed by atoms with E-state index >= 15 is 0 Å². The highest BCUT2D eigenvalue weighted by molar-refractivity contribution is 6.30. The number of ether oxygens (including phenoxy) is 1. The molecule has 0 aliphatic carbocycles. The number of hydrogen-bond donors (Lipinski definition) is 1. The molecule has 0 aliphatic heterocycles. The molecule has 0 spiro atoms. The number of benzene rings is 2. The highest BCUT2D eigenvalue weighted by Gasteiger charge is 2.06. The van der Waals surface area contributed by atoms with Crippen LogP contribution in [0.4, 0.5) is 5.69 Å². The second-order valence-corrected chi connectivity index (χ2v) is 4.66. The van der Waals surface area contributed by atoms with Crippen LogP contribution in [0.5, 0.6) is 5.75 Å². The summed E-state index contributed by atoms with van der Waals surface area (Å²) in [5.74, 6) is 1.44. The molecule has 0 fully saturated rings. The van der Waals surface area contributed by atoms with Crippen molar-refractivity contribution >= 4 is 28.3 Å². The van der Waals surface area contributed by atoms with E-state index in [9.17, 15) is 0 Å². The van der Waals surface area contributed by atoms with Gasteiger partial charge in [-0.05, 0) is 30.3 Å². The summed E-state index contributed by atoms with van der Waals surface area (Å²) in [6, 6.07) is 14.8. The summed E-state index contributed by atoms with van der Waals surface area (Å²) in [6.45, 7) is 0.342. The van der Waals surface area contributed by atoms with Crippen LogP contribution in [-0.4, -0.2) is 0 Å².